The van der Waals surface area contributed by atoms with Crippen molar-refractivity contribution in [2.75, 3.05) is 0 Å². The standard InChI is InChI=1S/C24H26O.H2O/c1-6-17(19-10-11-19)13-21-16(5)22-15-24(9-4,23(25)8-3)14-20(22)12-18(21)7-2;/h1,7,12-13,19,25H,2-3,9-11,14-15H2,4-5H3;1H2/b17-13+;. The maximum Gasteiger partial charge on any atom is 0.141 e. The van der Waals surface area contributed by atoms with E-state index in [1.165, 1.54) is 35.1 Å². The first kappa shape index (κ1) is 19.9. The van der Waals surface area contributed by atoms with E-state index in [0.717, 1.165) is 30.4 Å². The summed E-state index contributed by atoms with van der Waals surface area (Å²) in [5.41, 5.74) is 9.73. The van der Waals surface area contributed by atoms with Crippen molar-refractivity contribution in [1.82, 2.24) is 0 Å². The van der Waals surface area contributed by atoms with Gasteiger partial charge in [0.15, 0.2) is 0 Å². The van der Waals surface area contributed by atoms with Crippen LogP contribution in [0.4, 0.5) is 0 Å². The summed E-state index contributed by atoms with van der Waals surface area (Å²) in [5.74, 6) is 3.71. The molecule has 26 heavy (non-hydrogen) atoms. The Balaban J connectivity index is 0.00000243. The SMILES string of the molecule is C#C/C(=C\c1c(C=C)cc2c(c1C)CC(CC)(C(O)=C=C)C2)C1CC1.O. The number of aliphatic hydroxyl groups is 1. The Morgan fingerprint density at radius 1 is 1.42 bits per heavy atom. The van der Waals surface area contributed by atoms with Gasteiger partial charge in [-0.2, -0.15) is 0 Å². The molecular weight excluding hydrogens is 320 g/mol. The number of aliphatic hydroxyl groups excluding tert-OH is 1. The van der Waals surface area contributed by atoms with Crippen molar-refractivity contribution in [1.29, 1.82) is 0 Å². The topological polar surface area (TPSA) is 51.7 Å². The summed E-state index contributed by atoms with van der Waals surface area (Å²) < 4.78 is 0. The van der Waals surface area contributed by atoms with E-state index in [4.69, 9.17) is 6.42 Å². The summed E-state index contributed by atoms with van der Waals surface area (Å²) in [6, 6.07) is 2.22. The van der Waals surface area contributed by atoms with Crippen molar-refractivity contribution in [3.8, 4) is 12.3 Å². The lowest BCUT2D eigenvalue weighted by molar-refractivity contribution is 0.221. The molecule has 0 heterocycles. The van der Waals surface area contributed by atoms with Gasteiger partial charge in [-0.1, -0.05) is 43.9 Å². The molecule has 3 N–H and O–H groups in total. The molecule has 1 atom stereocenters. The summed E-state index contributed by atoms with van der Waals surface area (Å²) in [6.07, 6.45) is 14.7. The zero-order valence-electron chi connectivity index (χ0n) is 15.8. The highest BCUT2D eigenvalue weighted by Gasteiger charge is 2.40. The zero-order chi connectivity index (χ0) is 18.2. The van der Waals surface area contributed by atoms with Crippen molar-refractivity contribution in [3.63, 3.8) is 0 Å². The third kappa shape index (κ3) is 3.17. The molecule has 0 bridgehead atoms. The smallest absolute Gasteiger partial charge is 0.141 e. The number of hydrogen-bond acceptors (Lipinski definition) is 1. The van der Waals surface area contributed by atoms with Crippen LogP contribution >= 0.6 is 0 Å². The van der Waals surface area contributed by atoms with Crippen molar-refractivity contribution >= 4 is 12.2 Å². The number of rotatable bonds is 5. The number of benzene rings is 1. The highest BCUT2D eigenvalue weighted by atomic mass is 16.3. The maximum atomic E-state index is 10.4. The molecule has 2 aliphatic rings. The Morgan fingerprint density at radius 3 is 2.62 bits per heavy atom. The van der Waals surface area contributed by atoms with E-state index in [-0.39, 0.29) is 16.7 Å². The molecule has 3 rings (SSSR count). The summed E-state index contributed by atoms with van der Waals surface area (Å²) in [6.45, 7) is 11.9. The molecule has 0 saturated heterocycles. The van der Waals surface area contributed by atoms with E-state index < -0.39 is 0 Å². The van der Waals surface area contributed by atoms with Crippen LogP contribution in [-0.2, 0) is 12.8 Å². The van der Waals surface area contributed by atoms with E-state index in [0.29, 0.717) is 5.92 Å². The summed E-state index contributed by atoms with van der Waals surface area (Å²) >= 11 is 0. The fraction of sp³-hybridized carbons (Fsp3) is 0.375. The maximum absolute atomic E-state index is 10.4. The summed E-state index contributed by atoms with van der Waals surface area (Å²) in [4.78, 5) is 0. The van der Waals surface area contributed by atoms with Crippen LogP contribution in [0.2, 0.25) is 0 Å². The van der Waals surface area contributed by atoms with Crippen LogP contribution in [0.15, 0.2) is 36.3 Å². The molecule has 136 valence electrons. The van der Waals surface area contributed by atoms with E-state index in [1.807, 2.05) is 6.08 Å². The predicted molar refractivity (Wildman–Crippen MR) is 110 cm³/mol. The summed E-state index contributed by atoms with van der Waals surface area (Å²) in [7, 11) is 0. The van der Waals surface area contributed by atoms with Crippen LogP contribution in [0.1, 0.15) is 54.0 Å². The molecule has 1 fully saturated rings. The van der Waals surface area contributed by atoms with E-state index in [1.54, 1.807) is 0 Å². The van der Waals surface area contributed by atoms with Gasteiger partial charge >= 0.3 is 0 Å². The Bertz CT molecular complexity index is 855. The number of hydrogen-bond donors (Lipinski definition) is 1. The molecule has 2 heteroatoms. The van der Waals surface area contributed by atoms with Gasteiger partial charge in [0.1, 0.15) is 5.76 Å². The van der Waals surface area contributed by atoms with Gasteiger partial charge in [0, 0.05) is 11.0 Å². The number of terminal acetylenes is 1. The van der Waals surface area contributed by atoms with Crippen LogP contribution in [0, 0.1) is 30.6 Å². The number of allylic oxidation sites excluding steroid dienone is 2. The molecule has 2 nitrogen and oxygen atoms in total. The summed E-state index contributed by atoms with van der Waals surface area (Å²) in [5, 5.41) is 10.4. The highest BCUT2D eigenvalue weighted by molar-refractivity contribution is 5.73. The molecule has 2 aliphatic carbocycles. The van der Waals surface area contributed by atoms with Gasteiger partial charge in [-0.25, -0.2) is 0 Å². The first-order valence-corrected chi connectivity index (χ1v) is 9.05. The van der Waals surface area contributed by atoms with E-state index >= 15 is 0 Å². The minimum absolute atomic E-state index is 0. The predicted octanol–water partition coefficient (Wildman–Crippen LogP) is 4.96. The number of fused-ring (bicyclic) bond motifs is 1. The lowest BCUT2D eigenvalue weighted by atomic mass is 9.80. The van der Waals surface area contributed by atoms with Gasteiger partial charge in [-0.15, -0.1) is 6.42 Å². The molecule has 0 radical (unpaired) electrons. The van der Waals surface area contributed by atoms with Crippen LogP contribution in [0.25, 0.3) is 12.2 Å². The Morgan fingerprint density at radius 2 is 2.12 bits per heavy atom. The van der Waals surface area contributed by atoms with Gasteiger partial charge < -0.3 is 10.6 Å². The van der Waals surface area contributed by atoms with Crippen LogP contribution in [0.3, 0.4) is 0 Å². The van der Waals surface area contributed by atoms with Crippen LogP contribution in [-0.4, -0.2) is 10.6 Å². The van der Waals surface area contributed by atoms with Gasteiger partial charge in [0.2, 0.25) is 0 Å². The molecule has 0 aromatic heterocycles. The molecule has 0 amide bonds. The Kier molecular flexibility index (Phi) is 5.67. The van der Waals surface area contributed by atoms with Crippen molar-refractivity contribution < 1.29 is 10.6 Å². The van der Waals surface area contributed by atoms with Crippen LogP contribution in [0.5, 0.6) is 0 Å². The molecule has 1 saturated carbocycles. The quantitative estimate of drug-likeness (QED) is 0.456. The monoisotopic (exact) mass is 348 g/mol. The minimum atomic E-state index is -0.277. The Hall–Kier alpha value is -2.46. The fourth-order valence-corrected chi connectivity index (χ4v) is 4.10. The molecule has 1 aromatic carbocycles. The average molecular weight is 348 g/mol. The van der Waals surface area contributed by atoms with E-state index in [2.05, 4.69) is 50.8 Å². The third-order valence-corrected chi connectivity index (χ3v) is 5.98. The fourth-order valence-electron chi connectivity index (χ4n) is 4.10. The lowest BCUT2D eigenvalue weighted by Crippen LogP contribution is -2.22. The molecule has 1 unspecified atom stereocenters. The third-order valence-electron chi connectivity index (χ3n) is 5.98. The highest BCUT2D eigenvalue weighted by Crippen LogP contribution is 2.47. The zero-order valence-corrected chi connectivity index (χ0v) is 15.8. The molecular formula is C24H28O2. The normalized spacial score (nSPS) is 21.2. The van der Waals surface area contributed by atoms with Crippen molar-refractivity contribution in [2.45, 2.75) is 46.0 Å². The lowest BCUT2D eigenvalue weighted by Gasteiger charge is -2.25. The van der Waals surface area contributed by atoms with Gasteiger partial charge in [0.05, 0.1) is 0 Å². The van der Waals surface area contributed by atoms with Crippen molar-refractivity contribution in [3.05, 3.63) is 64.1 Å². The van der Waals surface area contributed by atoms with Gasteiger partial charge in [-0.05, 0) is 78.8 Å². The second-order valence-electron chi connectivity index (χ2n) is 7.38. The molecule has 1 aromatic rings. The van der Waals surface area contributed by atoms with E-state index in [9.17, 15) is 5.11 Å². The molecule has 0 spiro atoms. The van der Waals surface area contributed by atoms with Crippen LogP contribution < -0.4 is 0 Å². The van der Waals surface area contributed by atoms with Crippen molar-refractivity contribution in [2.24, 2.45) is 11.3 Å². The van der Waals surface area contributed by atoms with Gasteiger partial charge in [-0.3, -0.25) is 0 Å². The second kappa shape index (κ2) is 7.42. The second-order valence-corrected chi connectivity index (χ2v) is 7.38. The molecule has 0 aliphatic heterocycles. The average Bonchev–Trinajstić information content (AvgIpc) is 3.40. The van der Waals surface area contributed by atoms with Gasteiger partial charge in [0.25, 0.3) is 0 Å². The first-order valence-electron chi connectivity index (χ1n) is 9.05. The minimum Gasteiger partial charge on any atom is -0.504 e. The first-order chi connectivity index (χ1) is 12.0. The largest absolute Gasteiger partial charge is 0.504 e. The Labute approximate surface area is 157 Å².